The lowest BCUT2D eigenvalue weighted by Crippen LogP contribution is -2.36. The molecule has 0 spiro atoms. The number of methoxy groups -OCH3 is 2. The van der Waals surface area contributed by atoms with Gasteiger partial charge in [-0.3, -0.25) is 9.36 Å². The highest BCUT2D eigenvalue weighted by molar-refractivity contribution is 7.99. The summed E-state index contributed by atoms with van der Waals surface area (Å²) in [6.45, 7) is 2.43. The van der Waals surface area contributed by atoms with E-state index in [0.717, 1.165) is 35.1 Å². The number of nitrogens with one attached hydrogen (secondary N) is 1. The SMILES string of the molecule is COC[C@@H](C)NC(=O)CSc1nnc(-c2ccc(OC)cc2)n1C1CCCCC1. The highest BCUT2D eigenvalue weighted by Gasteiger charge is 2.24. The molecule has 3 rings (SSSR count). The lowest BCUT2D eigenvalue weighted by Gasteiger charge is -2.25. The summed E-state index contributed by atoms with van der Waals surface area (Å²) in [5, 5.41) is 12.7. The van der Waals surface area contributed by atoms with E-state index in [4.69, 9.17) is 9.47 Å². The number of amides is 1. The van der Waals surface area contributed by atoms with Gasteiger partial charge in [0.2, 0.25) is 5.91 Å². The van der Waals surface area contributed by atoms with E-state index >= 15 is 0 Å². The Morgan fingerprint density at radius 3 is 2.59 bits per heavy atom. The van der Waals surface area contributed by atoms with Gasteiger partial charge in [-0.25, -0.2) is 0 Å². The molecule has 1 aromatic heterocycles. The molecule has 0 unspecified atom stereocenters. The number of nitrogens with zero attached hydrogens (tertiary/aromatic N) is 3. The van der Waals surface area contributed by atoms with Crippen LogP contribution in [0.5, 0.6) is 5.75 Å². The molecule has 1 heterocycles. The van der Waals surface area contributed by atoms with E-state index in [1.54, 1.807) is 14.2 Å². The maximum absolute atomic E-state index is 12.3. The molecule has 29 heavy (non-hydrogen) atoms. The van der Waals surface area contributed by atoms with Crippen LogP contribution in [-0.2, 0) is 9.53 Å². The van der Waals surface area contributed by atoms with Gasteiger partial charge in [0.25, 0.3) is 0 Å². The van der Waals surface area contributed by atoms with Gasteiger partial charge in [-0.05, 0) is 44.0 Å². The number of ether oxygens (including phenoxy) is 2. The molecule has 1 aliphatic rings. The minimum absolute atomic E-state index is 0.0147. The van der Waals surface area contributed by atoms with Crippen LogP contribution in [0.3, 0.4) is 0 Å². The second-order valence-corrected chi connectivity index (χ2v) is 8.35. The van der Waals surface area contributed by atoms with Crippen molar-refractivity contribution in [1.29, 1.82) is 0 Å². The van der Waals surface area contributed by atoms with Gasteiger partial charge in [-0.1, -0.05) is 31.0 Å². The summed E-state index contributed by atoms with van der Waals surface area (Å²) >= 11 is 1.44. The number of carbonyl (C=O) groups is 1. The molecule has 0 aliphatic heterocycles. The van der Waals surface area contributed by atoms with Crippen molar-refractivity contribution >= 4 is 17.7 Å². The second-order valence-electron chi connectivity index (χ2n) is 7.41. The average Bonchev–Trinajstić information content (AvgIpc) is 3.17. The monoisotopic (exact) mass is 418 g/mol. The number of carbonyl (C=O) groups excluding carboxylic acids is 1. The zero-order valence-corrected chi connectivity index (χ0v) is 18.2. The highest BCUT2D eigenvalue weighted by atomic mass is 32.2. The smallest absolute Gasteiger partial charge is 0.230 e. The van der Waals surface area contributed by atoms with Gasteiger partial charge >= 0.3 is 0 Å². The van der Waals surface area contributed by atoms with Crippen LogP contribution in [0.4, 0.5) is 0 Å². The zero-order chi connectivity index (χ0) is 20.6. The van der Waals surface area contributed by atoms with E-state index in [0.29, 0.717) is 18.4 Å². The lowest BCUT2D eigenvalue weighted by molar-refractivity contribution is -0.119. The minimum atomic E-state index is -0.0243. The molecule has 1 atom stereocenters. The Labute approximate surface area is 176 Å². The topological polar surface area (TPSA) is 78.3 Å². The van der Waals surface area contributed by atoms with Gasteiger partial charge in [0, 0.05) is 24.8 Å². The second kappa shape index (κ2) is 10.6. The molecule has 1 saturated carbocycles. The summed E-state index contributed by atoms with van der Waals surface area (Å²) in [5.41, 5.74) is 1.01. The number of rotatable bonds is 9. The Morgan fingerprint density at radius 1 is 1.21 bits per heavy atom. The third kappa shape index (κ3) is 5.73. The molecule has 1 N–H and O–H groups in total. The maximum Gasteiger partial charge on any atom is 0.230 e. The molecule has 0 radical (unpaired) electrons. The molecule has 8 heteroatoms. The standard InChI is InChI=1S/C21H30N4O3S/c1-15(13-27-2)22-19(26)14-29-21-24-23-20(16-9-11-18(28-3)12-10-16)25(21)17-7-5-4-6-8-17/h9-12,15,17H,4-8,13-14H2,1-3H3,(H,22,26)/t15-/m1/s1. The molecule has 0 saturated heterocycles. The van der Waals surface area contributed by atoms with E-state index in [-0.39, 0.29) is 11.9 Å². The molecular formula is C21H30N4O3S. The first kappa shape index (κ1) is 21.6. The predicted molar refractivity (Wildman–Crippen MR) is 114 cm³/mol. The van der Waals surface area contributed by atoms with Crippen LogP contribution in [0.2, 0.25) is 0 Å². The molecule has 0 bridgehead atoms. The summed E-state index contributed by atoms with van der Waals surface area (Å²) in [6.07, 6.45) is 5.93. The van der Waals surface area contributed by atoms with Gasteiger partial charge in [0.1, 0.15) is 5.75 Å². The average molecular weight is 419 g/mol. The van der Waals surface area contributed by atoms with E-state index in [2.05, 4.69) is 20.1 Å². The Kier molecular flexibility index (Phi) is 7.94. The number of benzene rings is 1. The van der Waals surface area contributed by atoms with Gasteiger partial charge in [0.15, 0.2) is 11.0 Å². The fraction of sp³-hybridized carbons (Fsp3) is 0.571. The fourth-order valence-electron chi connectivity index (χ4n) is 3.72. The van der Waals surface area contributed by atoms with Gasteiger partial charge in [0.05, 0.1) is 19.5 Å². The van der Waals surface area contributed by atoms with Crippen LogP contribution in [0.15, 0.2) is 29.4 Å². The Bertz CT molecular complexity index is 788. The lowest BCUT2D eigenvalue weighted by atomic mass is 9.95. The van der Waals surface area contributed by atoms with Crippen molar-refractivity contribution in [2.45, 2.75) is 56.3 Å². The molecule has 1 aromatic carbocycles. The van der Waals surface area contributed by atoms with Crippen molar-refractivity contribution in [3.8, 4) is 17.1 Å². The first-order valence-electron chi connectivity index (χ1n) is 10.1. The number of thioether (sulfide) groups is 1. The molecule has 1 amide bonds. The predicted octanol–water partition coefficient (Wildman–Crippen LogP) is 3.70. The molecule has 1 aliphatic carbocycles. The van der Waals surface area contributed by atoms with Crippen LogP contribution in [0, 0.1) is 0 Å². The third-order valence-electron chi connectivity index (χ3n) is 5.11. The summed E-state index contributed by atoms with van der Waals surface area (Å²) in [4.78, 5) is 12.3. The maximum atomic E-state index is 12.3. The van der Waals surface area contributed by atoms with E-state index in [1.165, 1.54) is 31.0 Å². The van der Waals surface area contributed by atoms with E-state index in [9.17, 15) is 4.79 Å². The van der Waals surface area contributed by atoms with Crippen LogP contribution < -0.4 is 10.1 Å². The Balaban J connectivity index is 1.79. The van der Waals surface area contributed by atoms with Crippen molar-refractivity contribution < 1.29 is 14.3 Å². The minimum Gasteiger partial charge on any atom is -0.497 e. The van der Waals surface area contributed by atoms with Crippen molar-refractivity contribution in [3.63, 3.8) is 0 Å². The third-order valence-corrected chi connectivity index (χ3v) is 6.05. The molecular weight excluding hydrogens is 388 g/mol. The largest absolute Gasteiger partial charge is 0.497 e. The molecule has 1 fully saturated rings. The number of aromatic nitrogens is 3. The van der Waals surface area contributed by atoms with E-state index in [1.807, 2.05) is 31.2 Å². The van der Waals surface area contributed by atoms with E-state index < -0.39 is 0 Å². The summed E-state index contributed by atoms with van der Waals surface area (Å²) in [6, 6.07) is 8.25. The summed E-state index contributed by atoms with van der Waals surface area (Å²) in [7, 11) is 3.29. The van der Waals surface area contributed by atoms with Crippen LogP contribution in [0.25, 0.3) is 11.4 Å². The first-order chi connectivity index (χ1) is 14.1. The fourth-order valence-corrected chi connectivity index (χ4v) is 4.54. The normalized spacial score (nSPS) is 15.8. The number of hydrogen-bond acceptors (Lipinski definition) is 6. The van der Waals surface area contributed by atoms with Crippen LogP contribution in [-0.4, -0.2) is 53.3 Å². The first-order valence-corrected chi connectivity index (χ1v) is 11.1. The zero-order valence-electron chi connectivity index (χ0n) is 17.4. The van der Waals surface area contributed by atoms with Crippen LogP contribution in [0.1, 0.15) is 45.1 Å². The molecule has 158 valence electrons. The van der Waals surface area contributed by atoms with Crippen LogP contribution >= 0.6 is 11.8 Å². The van der Waals surface area contributed by atoms with Crippen molar-refractivity contribution in [1.82, 2.24) is 20.1 Å². The highest BCUT2D eigenvalue weighted by Crippen LogP contribution is 2.35. The molecule has 7 nitrogen and oxygen atoms in total. The van der Waals surface area contributed by atoms with Gasteiger partial charge < -0.3 is 14.8 Å². The van der Waals surface area contributed by atoms with Crippen molar-refractivity contribution in [3.05, 3.63) is 24.3 Å². The quantitative estimate of drug-likeness (QED) is 0.626. The summed E-state index contributed by atoms with van der Waals surface area (Å²) in [5.74, 6) is 1.95. The summed E-state index contributed by atoms with van der Waals surface area (Å²) < 4.78 is 12.6. The van der Waals surface area contributed by atoms with Gasteiger partial charge in [-0.15, -0.1) is 10.2 Å². The number of hydrogen-bond donors (Lipinski definition) is 1. The van der Waals surface area contributed by atoms with Crippen molar-refractivity contribution in [2.24, 2.45) is 0 Å². The molecule has 2 aromatic rings. The van der Waals surface area contributed by atoms with Crippen molar-refractivity contribution in [2.75, 3.05) is 26.6 Å². The Hall–Kier alpha value is -2.06. The van der Waals surface area contributed by atoms with Gasteiger partial charge in [-0.2, -0.15) is 0 Å². The Morgan fingerprint density at radius 2 is 1.93 bits per heavy atom.